The van der Waals surface area contributed by atoms with Crippen LogP contribution in [0.15, 0.2) is 22.7 Å². The lowest BCUT2D eigenvalue weighted by Crippen LogP contribution is -2.01. The number of halogens is 1. The fourth-order valence-electron chi connectivity index (χ4n) is 1.53. The average Bonchev–Trinajstić information content (AvgIpc) is 2.85. The van der Waals surface area contributed by atoms with E-state index in [1.54, 1.807) is 6.07 Å². The summed E-state index contributed by atoms with van der Waals surface area (Å²) in [5, 5.41) is 3.81. The quantitative estimate of drug-likeness (QED) is 0.876. The number of nitrogens with zero attached hydrogens (tertiary/aromatic N) is 2. The molecule has 0 unspecified atom stereocenters. The molecule has 0 saturated heterocycles. The first kappa shape index (κ1) is 12.5. The molecule has 18 heavy (non-hydrogen) atoms. The van der Waals surface area contributed by atoms with Crippen molar-refractivity contribution in [2.24, 2.45) is 5.73 Å². The van der Waals surface area contributed by atoms with Crippen LogP contribution in [0.1, 0.15) is 12.2 Å². The molecule has 0 aliphatic heterocycles. The van der Waals surface area contributed by atoms with Gasteiger partial charge >= 0.3 is 0 Å². The number of aryl methyl sites for hydroxylation is 1. The number of hydrogen-bond donors (Lipinski definition) is 1. The lowest BCUT2D eigenvalue weighted by atomic mass is 10.2. The Morgan fingerprint density at radius 1 is 1.44 bits per heavy atom. The second-order valence-corrected chi connectivity index (χ2v) is 3.76. The van der Waals surface area contributed by atoms with Gasteiger partial charge in [-0.15, -0.1) is 0 Å². The van der Waals surface area contributed by atoms with Gasteiger partial charge in [-0.3, -0.25) is 0 Å². The number of benzene rings is 1. The molecule has 6 heteroatoms. The Kier molecular flexibility index (Phi) is 3.88. The molecule has 2 rings (SSSR count). The van der Waals surface area contributed by atoms with Crippen LogP contribution in [0.25, 0.3) is 11.5 Å². The van der Waals surface area contributed by atoms with Gasteiger partial charge in [-0.1, -0.05) is 5.16 Å². The fourth-order valence-corrected chi connectivity index (χ4v) is 1.53. The topological polar surface area (TPSA) is 74.2 Å². The number of aromatic nitrogens is 2. The van der Waals surface area contributed by atoms with E-state index in [2.05, 4.69) is 10.1 Å². The molecule has 96 valence electrons. The first-order valence-corrected chi connectivity index (χ1v) is 5.61. The summed E-state index contributed by atoms with van der Waals surface area (Å²) < 4.78 is 23.4. The van der Waals surface area contributed by atoms with Crippen LogP contribution in [-0.4, -0.2) is 23.8 Å². The van der Waals surface area contributed by atoms with Crippen LogP contribution in [0, 0.1) is 5.82 Å². The molecule has 1 aromatic carbocycles. The van der Waals surface area contributed by atoms with E-state index in [4.69, 9.17) is 15.0 Å². The molecule has 0 spiro atoms. The highest BCUT2D eigenvalue weighted by Crippen LogP contribution is 2.24. The maximum atomic E-state index is 13.5. The van der Waals surface area contributed by atoms with Gasteiger partial charge in [0.05, 0.1) is 7.11 Å². The van der Waals surface area contributed by atoms with Crippen LogP contribution >= 0.6 is 0 Å². The van der Waals surface area contributed by atoms with Gasteiger partial charge in [0.25, 0.3) is 5.89 Å². The van der Waals surface area contributed by atoms with Gasteiger partial charge in [-0.05, 0) is 31.2 Å². The number of methoxy groups -OCH3 is 1. The number of rotatable bonds is 5. The van der Waals surface area contributed by atoms with Crippen molar-refractivity contribution in [2.75, 3.05) is 13.7 Å². The van der Waals surface area contributed by atoms with Crippen molar-refractivity contribution in [3.8, 4) is 17.2 Å². The first-order chi connectivity index (χ1) is 8.74. The zero-order valence-electron chi connectivity index (χ0n) is 10.0. The van der Waals surface area contributed by atoms with Crippen molar-refractivity contribution in [1.29, 1.82) is 0 Å². The lowest BCUT2D eigenvalue weighted by Gasteiger charge is -2.01. The Labute approximate surface area is 104 Å². The Morgan fingerprint density at radius 2 is 2.28 bits per heavy atom. The third kappa shape index (κ3) is 2.65. The molecule has 0 fully saturated rings. The molecule has 2 aromatic rings. The summed E-state index contributed by atoms with van der Waals surface area (Å²) in [5.41, 5.74) is 5.92. The van der Waals surface area contributed by atoms with Gasteiger partial charge in [-0.25, -0.2) is 4.39 Å². The highest BCUT2D eigenvalue weighted by atomic mass is 19.1. The molecular weight excluding hydrogens is 237 g/mol. The standard InChI is InChI=1S/C12H14FN3O2/c1-17-10-5-4-8(7-9(10)13)12-15-11(16-18-12)3-2-6-14/h4-5,7H,2-3,6,14H2,1H3. The molecule has 0 aliphatic carbocycles. The van der Waals surface area contributed by atoms with Gasteiger partial charge in [-0.2, -0.15) is 4.98 Å². The highest BCUT2D eigenvalue weighted by Gasteiger charge is 2.11. The summed E-state index contributed by atoms with van der Waals surface area (Å²) in [6.07, 6.45) is 1.44. The molecule has 0 radical (unpaired) electrons. The molecule has 5 nitrogen and oxygen atoms in total. The third-order valence-electron chi connectivity index (χ3n) is 2.47. The normalized spacial score (nSPS) is 10.6. The summed E-state index contributed by atoms with van der Waals surface area (Å²) in [6, 6.07) is 4.50. The van der Waals surface area contributed by atoms with Crippen molar-refractivity contribution in [1.82, 2.24) is 10.1 Å². The summed E-state index contributed by atoms with van der Waals surface area (Å²) in [4.78, 5) is 4.17. The van der Waals surface area contributed by atoms with E-state index in [0.717, 1.165) is 6.42 Å². The van der Waals surface area contributed by atoms with Crippen molar-refractivity contribution in [3.63, 3.8) is 0 Å². The van der Waals surface area contributed by atoms with Crippen LogP contribution in [0.5, 0.6) is 5.75 Å². The minimum atomic E-state index is -0.461. The van der Waals surface area contributed by atoms with Crippen molar-refractivity contribution in [2.45, 2.75) is 12.8 Å². The van der Waals surface area contributed by atoms with E-state index in [9.17, 15) is 4.39 Å². The summed E-state index contributed by atoms with van der Waals surface area (Å²) in [7, 11) is 1.41. The second-order valence-electron chi connectivity index (χ2n) is 3.76. The van der Waals surface area contributed by atoms with Crippen molar-refractivity contribution in [3.05, 3.63) is 29.8 Å². The van der Waals surface area contributed by atoms with E-state index in [-0.39, 0.29) is 5.75 Å². The van der Waals surface area contributed by atoms with Gasteiger partial charge in [0, 0.05) is 12.0 Å². The molecule has 1 aromatic heterocycles. The highest BCUT2D eigenvalue weighted by molar-refractivity contribution is 5.54. The second kappa shape index (κ2) is 5.59. The molecule has 0 amide bonds. The zero-order chi connectivity index (χ0) is 13.0. The SMILES string of the molecule is COc1ccc(-c2nc(CCCN)no2)cc1F. The molecule has 0 atom stereocenters. The maximum Gasteiger partial charge on any atom is 0.258 e. The predicted molar refractivity (Wildman–Crippen MR) is 63.6 cm³/mol. The largest absolute Gasteiger partial charge is 0.494 e. The summed E-state index contributed by atoms with van der Waals surface area (Å²) in [6.45, 7) is 0.570. The molecular formula is C12H14FN3O2. The van der Waals surface area contributed by atoms with Crippen LogP contribution in [0.2, 0.25) is 0 Å². The summed E-state index contributed by atoms with van der Waals surface area (Å²) in [5.74, 6) is 0.591. The van der Waals surface area contributed by atoms with E-state index < -0.39 is 5.82 Å². The van der Waals surface area contributed by atoms with Gasteiger partial charge in [0.1, 0.15) is 0 Å². The van der Waals surface area contributed by atoms with Crippen molar-refractivity contribution >= 4 is 0 Å². The molecule has 0 aliphatic rings. The molecule has 2 N–H and O–H groups in total. The molecule has 1 heterocycles. The number of ether oxygens (including phenoxy) is 1. The molecule has 0 bridgehead atoms. The van der Waals surface area contributed by atoms with Crippen LogP contribution in [-0.2, 0) is 6.42 Å². The maximum absolute atomic E-state index is 13.5. The van der Waals surface area contributed by atoms with Crippen LogP contribution < -0.4 is 10.5 Å². The van der Waals surface area contributed by atoms with E-state index >= 15 is 0 Å². The lowest BCUT2D eigenvalue weighted by molar-refractivity contribution is 0.386. The van der Waals surface area contributed by atoms with E-state index in [1.807, 2.05) is 0 Å². The summed E-state index contributed by atoms with van der Waals surface area (Å²) >= 11 is 0. The van der Waals surface area contributed by atoms with Gasteiger partial charge in [0.15, 0.2) is 17.4 Å². The van der Waals surface area contributed by atoms with Crippen LogP contribution in [0.4, 0.5) is 4.39 Å². The molecule has 0 saturated carbocycles. The van der Waals surface area contributed by atoms with E-state index in [0.29, 0.717) is 30.2 Å². The first-order valence-electron chi connectivity index (χ1n) is 5.61. The number of nitrogens with two attached hydrogens (primary N) is 1. The third-order valence-corrected chi connectivity index (χ3v) is 2.47. The Bertz CT molecular complexity index is 528. The minimum absolute atomic E-state index is 0.182. The predicted octanol–water partition coefficient (Wildman–Crippen LogP) is 1.78. The Morgan fingerprint density at radius 3 is 2.94 bits per heavy atom. The minimum Gasteiger partial charge on any atom is -0.494 e. The smallest absolute Gasteiger partial charge is 0.258 e. The number of hydrogen-bond acceptors (Lipinski definition) is 5. The van der Waals surface area contributed by atoms with Crippen molar-refractivity contribution < 1.29 is 13.7 Å². The average molecular weight is 251 g/mol. The van der Waals surface area contributed by atoms with Crippen LogP contribution in [0.3, 0.4) is 0 Å². The Hall–Kier alpha value is -1.95. The fraction of sp³-hybridized carbons (Fsp3) is 0.333. The monoisotopic (exact) mass is 251 g/mol. The van der Waals surface area contributed by atoms with E-state index in [1.165, 1.54) is 19.2 Å². The van der Waals surface area contributed by atoms with Gasteiger partial charge in [0.2, 0.25) is 0 Å². The van der Waals surface area contributed by atoms with Gasteiger partial charge < -0.3 is 15.0 Å². The zero-order valence-corrected chi connectivity index (χ0v) is 10.0. The Balaban J connectivity index is 2.20.